The quantitative estimate of drug-likeness (QED) is 0.875. The highest BCUT2D eigenvalue weighted by Gasteiger charge is 2.14. The zero-order valence-corrected chi connectivity index (χ0v) is 9.71. The van der Waals surface area contributed by atoms with E-state index in [1.165, 1.54) is 0 Å². The first-order valence-corrected chi connectivity index (χ1v) is 5.38. The van der Waals surface area contributed by atoms with Crippen LogP contribution in [0.3, 0.4) is 0 Å². The van der Waals surface area contributed by atoms with Gasteiger partial charge in [-0.05, 0) is 25.0 Å². The van der Waals surface area contributed by atoms with Crippen LogP contribution in [0.1, 0.15) is 28.9 Å². The van der Waals surface area contributed by atoms with Gasteiger partial charge in [0.15, 0.2) is 0 Å². The second kappa shape index (κ2) is 4.37. The van der Waals surface area contributed by atoms with Crippen molar-refractivity contribution in [3.63, 3.8) is 0 Å². The Morgan fingerprint density at radius 3 is 2.71 bits per heavy atom. The minimum atomic E-state index is -1.11. The SMILES string of the molecule is CCc1ccccc1-n1nc(C(=O)O)nc1C. The number of para-hydroxylation sites is 1. The lowest BCUT2D eigenvalue weighted by Crippen LogP contribution is -2.04. The third-order valence-electron chi connectivity index (χ3n) is 2.56. The Hall–Kier alpha value is -2.17. The molecule has 0 aliphatic rings. The third-order valence-corrected chi connectivity index (χ3v) is 2.56. The van der Waals surface area contributed by atoms with Gasteiger partial charge in [0.1, 0.15) is 5.82 Å². The van der Waals surface area contributed by atoms with Crippen molar-refractivity contribution >= 4 is 5.97 Å². The van der Waals surface area contributed by atoms with E-state index in [0.29, 0.717) is 5.82 Å². The van der Waals surface area contributed by atoms with Gasteiger partial charge in [0, 0.05) is 0 Å². The molecule has 0 atom stereocenters. The molecule has 2 rings (SSSR count). The van der Waals surface area contributed by atoms with Crippen LogP contribution < -0.4 is 0 Å². The number of hydrogen-bond acceptors (Lipinski definition) is 3. The Balaban J connectivity index is 2.56. The minimum absolute atomic E-state index is 0.173. The van der Waals surface area contributed by atoms with Crippen LogP contribution in [-0.2, 0) is 6.42 Å². The first-order chi connectivity index (χ1) is 8.13. The van der Waals surface area contributed by atoms with Gasteiger partial charge in [0.25, 0.3) is 5.82 Å². The molecule has 5 heteroatoms. The summed E-state index contributed by atoms with van der Waals surface area (Å²) < 4.78 is 1.57. The summed E-state index contributed by atoms with van der Waals surface area (Å²) in [4.78, 5) is 14.7. The number of aromatic carboxylic acids is 1. The Labute approximate surface area is 98.7 Å². The van der Waals surface area contributed by atoms with E-state index in [1.54, 1.807) is 11.6 Å². The molecule has 0 radical (unpaired) electrons. The normalized spacial score (nSPS) is 10.5. The van der Waals surface area contributed by atoms with Crippen LogP contribution in [0.25, 0.3) is 5.69 Å². The van der Waals surface area contributed by atoms with Gasteiger partial charge in [-0.15, -0.1) is 5.10 Å². The molecular weight excluding hydrogens is 218 g/mol. The molecule has 1 aromatic heterocycles. The van der Waals surface area contributed by atoms with Crippen molar-refractivity contribution in [1.29, 1.82) is 0 Å². The minimum Gasteiger partial charge on any atom is -0.475 e. The number of carboxylic acids is 1. The predicted octanol–water partition coefficient (Wildman–Crippen LogP) is 1.84. The predicted molar refractivity (Wildman–Crippen MR) is 62.4 cm³/mol. The van der Waals surface area contributed by atoms with E-state index >= 15 is 0 Å². The number of aromatic nitrogens is 3. The zero-order chi connectivity index (χ0) is 12.4. The van der Waals surface area contributed by atoms with E-state index in [4.69, 9.17) is 5.11 Å². The van der Waals surface area contributed by atoms with Crippen molar-refractivity contribution in [3.8, 4) is 5.69 Å². The number of benzene rings is 1. The number of aryl methyl sites for hydroxylation is 2. The van der Waals surface area contributed by atoms with E-state index in [0.717, 1.165) is 17.7 Å². The fourth-order valence-corrected chi connectivity index (χ4v) is 1.73. The molecule has 0 spiro atoms. The maximum Gasteiger partial charge on any atom is 0.375 e. The summed E-state index contributed by atoms with van der Waals surface area (Å²) in [6, 6.07) is 7.76. The highest BCUT2D eigenvalue weighted by Crippen LogP contribution is 2.15. The monoisotopic (exact) mass is 231 g/mol. The highest BCUT2D eigenvalue weighted by atomic mass is 16.4. The molecule has 5 nitrogen and oxygen atoms in total. The number of carboxylic acid groups (broad SMARTS) is 1. The van der Waals surface area contributed by atoms with Crippen molar-refractivity contribution in [1.82, 2.24) is 14.8 Å². The van der Waals surface area contributed by atoms with Crippen LogP contribution in [0.5, 0.6) is 0 Å². The maximum absolute atomic E-state index is 10.8. The molecule has 17 heavy (non-hydrogen) atoms. The van der Waals surface area contributed by atoms with Crippen molar-refractivity contribution in [2.24, 2.45) is 0 Å². The fourth-order valence-electron chi connectivity index (χ4n) is 1.73. The largest absolute Gasteiger partial charge is 0.475 e. The second-order valence-corrected chi connectivity index (χ2v) is 3.68. The lowest BCUT2D eigenvalue weighted by atomic mass is 10.1. The first kappa shape index (κ1) is 11.3. The summed E-state index contributed by atoms with van der Waals surface area (Å²) >= 11 is 0. The third kappa shape index (κ3) is 2.04. The molecule has 1 aromatic carbocycles. The van der Waals surface area contributed by atoms with Crippen molar-refractivity contribution < 1.29 is 9.90 Å². The Morgan fingerprint density at radius 1 is 1.41 bits per heavy atom. The summed E-state index contributed by atoms with van der Waals surface area (Å²) in [5, 5.41) is 12.9. The summed E-state index contributed by atoms with van der Waals surface area (Å²) in [7, 11) is 0. The highest BCUT2D eigenvalue weighted by molar-refractivity contribution is 5.83. The summed E-state index contributed by atoms with van der Waals surface area (Å²) in [6.45, 7) is 3.79. The van der Waals surface area contributed by atoms with E-state index in [-0.39, 0.29) is 5.82 Å². The molecule has 0 saturated heterocycles. The molecule has 1 heterocycles. The second-order valence-electron chi connectivity index (χ2n) is 3.68. The Morgan fingerprint density at radius 2 is 2.12 bits per heavy atom. The molecular formula is C12H13N3O2. The molecule has 2 aromatic rings. The van der Waals surface area contributed by atoms with Crippen molar-refractivity contribution in [2.45, 2.75) is 20.3 Å². The van der Waals surface area contributed by atoms with Crippen LogP contribution >= 0.6 is 0 Å². The molecule has 88 valence electrons. The molecule has 0 amide bonds. The number of rotatable bonds is 3. The lowest BCUT2D eigenvalue weighted by molar-refractivity contribution is 0.0683. The van der Waals surface area contributed by atoms with E-state index < -0.39 is 5.97 Å². The van der Waals surface area contributed by atoms with Gasteiger partial charge in [-0.2, -0.15) is 0 Å². The molecule has 0 fully saturated rings. The Bertz CT molecular complexity index is 561. The van der Waals surface area contributed by atoms with Crippen molar-refractivity contribution in [3.05, 3.63) is 41.5 Å². The average Bonchev–Trinajstić information content (AvgIpc) is 2.71. The van der Waals surface area contributed by atoms with Gasteiger partial charge in [-0.25, -0.2) is 14.5 Å². The molecule has 0 bridgehead atoms. The van der Waals surface area contributed by atoms with Crippen LogP contribution in [0.15, 0.2) is 24.3 Å². The fraction of sp³-hybridized carbons (Fsp3) is 0.250. The standard InChI is InChI=1S/C12H13N3O2/c1-3-9-6-4-5-7-10(9)15-8(2)13-11(14-15)12(16)17/h4-7H,3H2,1-2H3,(H,16,17). The lowest BCUT2D eigenvalue weighted by Gasteiger charge is -2.07. The van der Waals surface area contributed by atoms with Gasteiger partial charge in [0.2, 0.25) is 0 Å². The summed E-state index contributed by atoms with van der Waals surface area (Å²) in [5.41, 5.74) is 1.99. The molecule has 0 aliphatic carbocycles. The number of hydrogen-bond donors (Lipinski definition) is 1. The van der Waals surface area contributed by atoms with Gasteiger partial charge in [-0.3, -0.25) is 0 Å². The van der Waals surface area contributed by atoms with Crippen LogP contribution in [0, 0.1) is 6.92 Å². The smallest absolute Gasteiger partial charge is 0.375 e. The summed E-state index contributed by atoms with van der Waals surface area (Å²) in [6.07, 6.45) is 0.859. The van der Waals surface area contributed by atoms with Gasteiger partial charge >= 0.3 is 5.97 Å². The van der Waals surface area contributed by atoms with Crippen LogP contribution in [0.2, 0.25) is 0 Å². The summed E-state index contributed by atoms with van der Waals surface area (Å²) in [5.74, 6) is -0.711. The van der Waals surface area contributed by atoms with E-state index in [9.17, 15) is 4.79 Å². The number of carbonyl (C=O) groups is 1. The Kier molecular flexibility index (Phi) is 2.91. The van der Waals surface area contributed by atoms with E-state index in [2.05, 4.69) is 10.1 Å². The van der Waals surface area contributed by atoms with Gasteiger partial charge in [0.05, 0.1) is 5.69 Å². The van der Waals surface area contributed by atoms with Gasteiger partial charge < -0.3 is 5.11 Å². The average molecular weight is 231 g/mol. The molecule has 0 unspecified atom stereocenters. The molecule has 0 aliphatic heterocycles. The number of nitrogens with zero attached hydrogens (tertiary/aromatic N) is 3. The van der Waals surface area contributed by atoms with Crippen molar-refractivity contribution in [2.75, 3.05) is 0 Å². The van der Waals surface area contributed by atoms with Crippen LogP contribution in [-0.4, -0.2) is 25.8 Å². The van der Waals surface area contributed by atoms with Gasteiger partial charge in [-0.1, -0.05) is 25.1 Å². The molecule has 1 N–H and O–H groups in total. The zero-order valence-electron chi connectivity index (χ0n) is 9.71. The van der Waals surface area contributed by atoms with E-state index in [1.807, 2.05) is 31.2 Å². The maximum atomic E-state index is 10.8. The first-order valence-electron chi connectivity index (χ1n) is 5.38. The van der Waals surface area contributed by atoms with Crippen LogP contribution in [0.4, 0.5) is 0 Å². The topological polar surface area (TPSA) is 68.0 Å². The molecule has 0 saturated carbocycles.